The van der Waals surface area contributed by atoms with Gasteiger partial charge in [0.15, 0.2) is 5.76 Å². The van der Waals surface area contributed by atoms with E-state index in [1.54, 1.807) is 32.1 Å². The molecule has 0 saturated carbocycles. The first kappa shape index (κ1) is 23.2. The van der Waals surface area contributed by atoms with Crippen LogP contribution in [0.25, 0.3) is 12.2 Å². The van der Waals surface area contributed by atoms with Crippen LogP contribution in [0.1, 0.15) is 40.5 Å². The molecule has 3 rings (SSSR count). The second kappa shape index (κ2) is 9.79. The number of nitrogens with one attached hydrogen (secondary N) is 2. The first-order chi connectivity index (χ1) is 15.2. The molecule has 0 aliphatic rings. The number of benzene rings is 1. The van der Waals surface area contributed by atoms with E-state index in [-0.39, 0.29) is 16.7 Å². The maximum Gasteiger partial charge on any atom is 0.338 e. The zero-order valence-electron chi connectivity index (χ0n) is 17.5. The lowest BCUT2D eigenvalue weighted by Gasteiger charge is -2.07. The van der Waals surface area contributed by atoms with E-state index in [2.05, 4.69) is 15.2 Å². The van der Waals surface area contributed by atoms with Crippen molar-refractivity contribution in [3.05, 3.63) is 58.3 Å². The van der Waals surface area contributed by atoms with Crippen molar-refractivity contribution in [3.8, 4) is 0 Å². The third-order valence-electron chi connectivity index (χ3n) is 4.10. The van der Waals surface area contributed by atoms with Gasteiger partial charge in [-0.05, 0) is 62.4 Å². The van der Waals surface area contributed by atoms with Crippen LogP contribution in [0.5, 0.6) is 0 Å². The fourth-order valence-electron chi connectivity index (χ4n) is 2.65. The average Bonchev–Trinajstić information content (AvgIpc) is 3.35. The molecule has 2 aromatic heterocycles. The lowest BCUT2D eigenvalue weighted by Crippen LogP contribution is -2.11. The number of thiophene rings is 1. The highest BCUT2D eigenvalue weighted by atomic mass is 32.2. The molecule has 1 aromatic carbocycles. The first-order valence-corrected chi connectivity index (χ1v) is 11.8. The molecule has 0 radical (unpaired) electrons. The van der Waals surface area contributed by atoms with Gasteiger partial charge in [-0.3, -0.25) is 9.52 Å². The van der Waals surface area contributed by atoms with Crippen LogP contribution in [0.4, 0.5) is 11.4 Å². The largest absolute Gasteiger partial charge is 0.462 e. The maximum atomic E-state index is 12.7. The summed E-state index contributed by atoms with van der Waals surface area (Å²) in [5.41, 5.74) is 1.65. The number of nitrogens with zero attached hydrogens (tertiary/aromatic N) is 1. The van der Waals surface area contributed by atoms with Crippen LogP contribution in [0.15, 0.2) is 45.1 Å². The quantitative estimate of drug-likeness (QED) is 0.468. The third kappa shape index (κ3) is 5.62. The third-order valence-corrected chi connectivity index (χ3v) is 7.03. The standard InChI is InChI=1S/C21H21N3O6S2/c1-4-29-21(26)15-5-7-16(8-6-15)24-32(27,28)19-12-10-17(31-19)9-11-18-20(22-14(3)25)13(2)23-30-18/h5-12,24H,4H2,1-3H3,(H,22,25). The van der Waals surface area contributed by atoms with Gasteiger partial charge < -0.3 is 14.6 Å². The van der Waals surface area contributed by atoms with E-state index in [1.807, 2.05) is 0 Å². The molecule has 168 valence electrons. The number of esters is 1. The van der Waals surface area contributed by atoms with E-state index in [4.69, 9.17) is 9.26 Å². The van der Waals surface area contributed by atoms with Crippen molar-refractivity contribution < 1.29 is 27.3 Å². The number of carbonyl (C=O) groups excluding carboxylic acids is 2. The van der Waals surface area contributed by atoms with Gasteiger partial charge in [0.1, 0.15) is 15.6 Å². The van der Waals surface area contributed by atoms with Crippen LogP contribution in [-0.4, -0.2) is 32.1 Å². The van der Waals surface area contributed by atoms with Crippen LogP contribution in [0.3, 0.4) is 0 Å². The van der Waals surface area contributed by atoms with E-state index in [0.717, 1.165) is 11.3 Å². The fourth-order valence-corrected chi connectivity index (χ4v) is 4.94. The predicted molar refractivity (Wildman–Crippen MR) is 122 cm³/mol. The van der Waals surface area contributed by atoms with Crippen molar-refractivity contribution in [1.82, 2.24) is 5.16 Å². The Hall–Kier alpha value is -3.44. The lowest BCUT2D eigenvalue weighted by molar-refractivity contribution is -0.114. The van der Waals surface area contributed by atoms with Crippen molar-refractivity contribution in [1.29, 1.82) is 0 Å². The van der Waals surface area contributed by atoms with Crippen molar-refractivity contribution in [3.63, 3.8) is 0 Å². The average molecular weight is 476 g/mol. The SMILES string of the molecule is CCOC(=O)c1ccc(NS(=O)(=O)c2ccc(C=Cc3onc(C)c3NC(C)=O)s2)cc1. The number of hydrogen-bond acceptors (Lipinski definition) is 8. The number of rotatable bonds is 8. The van der Waals surface area contributed by atoms with Gasteiger partial charge in [0.25, 0.3) is 10.0 Å². The lowest BCUT2D eigenvalue weighted by atomic mass is 10.2. The summed E-state index contributed by atoms with van der Waals surface area (Å²) in [4.78, 5) is 23.7. The molecule has 3 aromatic rings. The summed E-state index contributed by atoms with van der Waals surface area (Å²) in [6.45, 7) is 5.05. The molecule has 0 atom stereocenters. The number of anilines is 2. The summed E-state index contributed by atoms with van der Waals surface area (Å²) in [5, 5.41) is 6.48. The highest BCUT2D eigenvalue weighted by molar-refractivity contribution is 7.94. The van der Waals surface area contributed by atoms with Crippen LogP contribution in [0, 0.1) is 6.92 Å². The normalized spacial score (nSPS) is 11.5. The van der Waals surface area contributed by atoms with Crippen LogP contribution < -0.4 is 10.0 Å². The van der Waals surface area contributed by atoms with Gasteiger partial charge in [-0.15, -0.1) is 11.3 Å². The minimum absolute atomic E-state index is 0.113. The minimum Gasteiger partial charge on any atom is -0.462 e. The fraction of sp³-hybridized carbons (Fsp3) is 0.190. The monoisotopic (exact) mass is 475 g/mol. The highest BCUT2D eigenvalue weighted by Crippen LogP contribution is 2.27. The highest BCUT2D eigenvalue weighted by Gasteiger charge is 2.17. The summed E-state index contributed by atoms with van der Waals surface area (Å²) >= 11 is 1.06. The van der Waals surface area contributed by atoms with E-state index in [9.17, 15) is 18.0 Å². The van der Waals surface area contributed by atoms with Gasteiger partial charge in [0.05, 0.1) is 12.2 Å². The Labute approximate surface area is 189 Å². The summed E-state index contributed by atoms with van der Waals surface area (Å²) in [6, 6.07) is 9.11. The van der Waals surface area contributed by atoms with Gasteiger partial charge in [0.2, 0.25) is 5.91 Å². The smallest absolute Gasteiger partial charge is 0.338 e. The zero-order chi connectivity index (χ0) is 23.3. The molecule has 32 heavy (non-hydrogen) atoms. The molecule has 0 aliphatic carbocycles. The topological polar surface area (TPSA) is 128 Å². The van der Waals surface area contributed by atoms with E-state index >= 15 is 0 Å². The van der Waals surface area contributed by atoms with Gasteiger partial charge in [-0.2, -0.15) is 0 Å². The van der Waals surface area contributed by atoms with E-state index in [1.165, 1.54) is 37.3 Å². The van der Waals surface area contributed by atoms with Crippen molar-refractivity contribution in [2.75, 3.05) is 16.6 Å². The number of ether oxygens (including phenoxy) is 1. The Bertz CT molecular complexity index is 1260. The molecule has 2 heterocycles. The van der Waals surface area contributed by atoms with E-state index in [0.29, 0.717) is 33.3 Å². The second-order valence-corrected chi connectivity index (χ2v) is 9.61. The Morgan fingerprint density at radius 3 is 2.53 bits per heavy atom. The number of aromatic nitrogens is 1. The summed E-state index contributed by atoms with van der Waals surface area (Å²) in [7, 11) is -3.81. The second-order valence-electron chi connectivity index (χ2n) is 6.58. The molecular weight excluding hydrogens is 454 g/mol. The Morgan fingerprint density at radius 2 is 1.88 bits per heavy atom. The van der Waals surface area contributed by atoms with Gasteiger partial charge in [-0.1, -0.05) is 5.16 Å². The first-order valence-electron chi connectivity index (χ1n) is 9.51. The Morgan fingerprint density at radius 1 is 1.16 bits per heavy atom. The summed E-state index contributed by atoms with van der Waals surface area (Å²) in [5.74, 6) is -0.368. The zero-order valence-corrected chi connectivity index (χ0v) is 19.2. The van der Waals surface area contributed by atoms with Gasteiger partial charge >= 0.3 is 5.97 Å². The molecule has 0 saturated heterocycles. The maximum absolute atomic E-state index is 12.7. The van der Waals surface area contributed by atoms with E-state index < -0.39 is 16.0 Å². The summed E-state index contributed by atoms with van der Waals surface area (Å²) < 4.78 is 38.1. The van der Waals surface area contributed by atoms with Crippen molar-refractivity contribution in [2.24, 2.45) is 0 Å². The minimum atomic E-state index is -3.81. The number of aryl methyl sites for hydroxylation is 1. The summed E-state index contributed by atoms with van der Waals surface area (Å²) in [6.07, 6.45) is 3.28. The molecule has 0 unspecified atom stereocenters. The van der Waals surface area contributed by atoms with Crippen LogP contribution >= 0.6 is 11.3 Å². The molecular formula is C21H21N3O6S2. The molecule has 1 amide bonds. The van der Waals surface area contributed by atoms with Crippen LogP contribution in [0.2, 0.25) is 0 Å². The molecule has 9 nitrogen and oxygen atoms in total. The molecule has 2 N–H and O–H groups in total. The van der Waals surface area contributed by atoms with Gasteiger partial charge in [0, 0.05) is 17.5 Å². The van der Waals surface area contributed by atoms with Crippen molar-refractivity contribution in [2.45, 2.75) is 25.0 Å². The van der Waals surface area contributed by atoms with Gasteiger partial charge in [-0.25, -0.2) is 13.2 Å². The number of carbonyl (C=O) groups is 2. The Balaban J connectivity index is 1.72. The molecule has 0 aliphatic heterocycles. The molecule has 0 spiro atoms. The number of hydrogen-bond donors (Lipinski definition) is 2. The number of sulfonamides is 1. The molecule has 0 bridgehead atoms. The Kier molecular flexibility index (Phi) is 7.11. The molecule has 11 heteroatoms. The number of amides is 1. The molecule has 0 fully saturated rings. The van der Waals surface area contributed by atoms with Crippen LogP contribution in [-0.2, 0) is 19.6 Å². The predicted octanol–water partition coefficient (Wildman–Crippen LogP) is 4.15. The van der Waals surface area contributed by atoms with Crippen molar-refractivity contribution >= 4 is 56.8 Å².